The van der Waals surface area contributed by atoms with Crippen LogP contribution in [-0.4, -0.2) is 33.4 Å². The summed E-state index contributed by atoms with van der Waals surface area (Å²) in [6, 6.07) is 20.7. The van der Waals surface area contributed by atoms with Crippen LogP contribution in [0.5, 0.6) is 0 Å². The van der Waals surface area contributed by atoms with Gasteiger partial charge in [0.2, 0.25) is 5.91 Å². The lowest BCUT2D eigenvalue weighted by Gasteiger charge is -2.25. The lowest BCUT2D eigenvalue weighted by molar-refractivity contribution is -0.131. The van der Waals surface area contributed by atoms with Crippen LogP contribution in [0.4, 0.5) is 0 Å². The SMILES string of the molecule is Cc1nc(SCc2ccccc2)[nH]c(=O)c1CCC(=O)N1CCC[C@H]1Cc1ccccc1. The summed E-state index contributed by atoms with van der Waals surface area (Å²) in [6.07, 6.45) is 3.73. The number of likely N-dealkylation sites (tertiary alicyclic amines) is 1. The highest BCUT2D eigenvalue weighted by Crippen LogP contribution is 2.23. The Morgan fingerprint density at radius 3 is 2.47 bits per heavy atom. The molecule has 0 saturated carbocycles. The summed E-state index contributed by atoms with van der Waals surface area (Å²) in [6.45, 7) is 2.66. The number of aromatic nitrogens is 2. The number of rotatable bonds is 8. The number of hydrogen-bond donors (Lipinski definition) is 1. The second-order valence-corrected chi connectivity index (χ2v) is 9.25. The van der Waals surface area contributed by atoms with Gasteiger partial charge in [0.05, 0.1) is 0 Å². The molecular formula is C26H29N3O2S. The van der Waals surface area contributed by atoms with Gasteiger partial charge >= 0.3 is 0 Å². The summed E-state index contributed by atoms with van der Waals surface area (Å²) in [7, 11) is 0. The van der Waals surface area contributed by atoms with Crippen molar-refractivity contribution in [1.82, 2.24) is 14.9 Å². The first-order valence-electron chi connectivity index (χ1n) is 11.2. The number of carbonyl (C=O) groups excluding carboxylic acids is 1. The van der Waals surface area contributed by atoms with Crippen molar-refractivity contribution in [1.29, 1.82) is 0 Å². The van der Waals surface area contributed by atoms with E-state index in [1.54, 1.807) is 0 Å². The van der Waals surface area contributed by atoms with E-state index < -0.39 is 0 Å². The van der Waals surface area contributed by atoms with Crippen molar-refractivity contribution in [3.63, 3.8) is 0 Å². The zero-order chi connectivity index (χ0) is 22.3. The van der Waals surface area contributed by atoms with Crippen molar-refractivity contribution >= 4 is 17.7 Å². The lowest BCUT2D eigenvalue weighted by atomic mass is 10.0. The van der Waals surface area contributed by atoms with Gasteiger partial charge in [0.1, 0.15) is 0 Å². The topological polar surface area (TPSA) is 66.1 Å². The molecule has 0 unspecified atom stereocenters. The molecule has 3 aromatic rings. The zero-order valence-electron chi connectivity index (χ0n) is 18.4. The van der Waals surface area contributed by atoms with E-state index in [4.69, 9.17) is 0 Å². The van der Waals surface area contributed by atoms with Crippen LogP contribution >= 0.6 is 11.8 Å². The molecule has 0 bridgehead atoms. The molecule has 5 nitrogen and oxygen atoms in total. The lowest BCUT2D eigenvalue weighted by Crippen LogP contribution is -2.37. The molecular weight excluding hydrogens is 418 g/mol. The highest BCUT2D eigenvalue weighted by atomic mass is 32.2. The average Bonchev–Trinajstić information content (AvgIpc) is 3.26. The summed E-state index contributed by atoms with van der Waals surface area (Å²) in [5.41, 5.74) is 3.63. The molecule has 1 saturated heterocycles. The van der Waals surface area contributed by atoms with Gasteiger partial charge in [-0.05, 0) is 43.7 Å². The number of amides is 1. The van der Waals surface area contributed by atoms with E-state index in [1.165, 1.54) is 22.9 Å². The number of thioether (sulfide) groups is 1. The quantitative estimate of drug-likeness (QED) is 0.407. The molecule has 1 fully saturated rings. The maximum atomic E-state index is 13.0. The molecule has 0 spiro atoms. The van der Waals surface area contributed by atoms with E-state index in [-0.39, 0.29) is 17.5 Å². The highest BCUT2D eigenvalue weighted by Gasteiger charge is 2.28. The molecule has 1 atom stereocenters. The number of aromatic amines is 1. The summed E-state index contributed by atoms with van der Waals surface area (Å²) >= 11 is 1.51. The van der Waals surface area contributed by atoms with Crippen molar-refractivity contribution in [2.24, 2.45) is 0 Å². The van der Waals surface area contributed by atoms with Gasteiger partial charge in [-0.25, -0.2) is 4.98 Å². The Bertz CT molecular complexity index is 1100. The number of nitrogens with zero attached hydrogens (tertiary/aromatic N) is 2. The molecule has 6 heteroatoms. The fourth-order valence-electron chi connectivity index (χ4n) is 4.31. The van der Waals surface area contributed by atoms with Gasteiger partial charge in [-0.2, -0.15) is 0 Å². The Morgan fingerprint density at radius 2 is 1.78 bits per heavy atom. The molecule has 1 aliphatic rings. The van der Waals surface area contributed by atoms with Gasteiger partial charge in [0.15, 0.2) is 5.16 Å². The van der Waals surface area contributed by atoms with E-state index in [9.17, 15) is 9.59 Å². The van der Waals surface area contributed by atoms with Gasteiger partial charge in [-0.1, -0.05) is 72.4 Å². The molecule has 2 heterocycles. The van der Waals surface area contributed by atoms with Crippen LogP contribution in [0.25, 0.3) is 0 Å². The van der Waals surface area contributed by atoms with Crippen LogP contribution in [-0.2, 0) is 23.4 Å². The molecule has 1 amide bonds. The van der Waals surface area contributed by atoms with Crippen molar-refractivity contribution in [2.45, 2.75) is 56.0 Å². The molecule has 166 valence electrons. The number of aryl methyl sites for hydroxylation is 1. The van der Waals surface area contributed by atoms with Crippen molar-refractivity contribution in [2.75, 3.05) is 6.54 Å². The van der Waals surface area contributed by atoms with E-state index in [0.717, 1.165) is 31.6 Å². The van der Waals surface area contributed by atoms with Crippen molar-refractivity contribution in [3.05, 3.63) is 93.4 Å². The molecule has 32 heavy (non-hydrogen) atoms. The fraction of sp³-hybridized carbons (Fsp3) is 0.346. The minimum absolute atomic E-state index is 0.129. The monoisotopic (exact) mass is 447 g/mol. The predicted molar refractivity (Wildman–Crippen MR) is 129 cm³/mol. The van der Waals surface area contributed by atoms with Gasteiger partial charge in [-0.3, -0.25) is 9.59 Å². The molecule has 1 aromatic heterocycles. The highest BCUT2D eigenvalue weighted by molar-refractivity contribution is 7.98. The first kappa shape index (κ1) is 22.3. The summed E-state index contributed by atoms with van der Waals surface area (Å²) in [4.78, 5) is 35.1. The Labute approximate surface area is 193 Å². The maximum Gasteiger partial charge on any atom is 0.254 e. The third kappa shape index (κ3) is 5.68. The summed E-state index contributed by atoms with van der Waals surface area (Å²) in [5, 5.41) is 0.619. The first-order valence-corrected chi connectivity index (χ1v) is 12.2. The van der Waals surface area contributed by atoms with E-state index >= 15 is 0 Å². The van der Waals surface area contributed by atoms with E-state index in [2.05, 4.69) is 34.2 Å². The van der Waals surface area contributed by atoms with E-state index in [1.807, 2.05) is 48.2 Å². The number of carbonyl (C=O) groups is 1. The number of nitrogens with one attached hydrogen (secondary N) is 1. The molecule has 2 aromatic carbocycles. The summed E-state index contributed by atoms with van der Waals surface area (Å²) < 4.78 is 0. The fourth-order valence-corrected chi connectivity index (χ4v) is 5.17. The number of H-pyrrole nitrogens is 1. The zero-order valence-corrected chi connectivity index (χ0v) is 19.2. The molecule has 0 aliphatic carbocycles. The van der Waals surface area contributed by atoms with Crippen molar-refractivity contribution < 1.29 is 4.79 Å². The van der Waals surface area contributed by atoms with Gasteiger partial charge in [0, 0.05) is 36.0 Å². The Kier molecular flexibility index (Phi) is 7.43. The average molecular weight is 448 g/mol. The summed E-state index contributed by atoms with van der Waals surface area (Å²) in [5.74, 6) is 0.878. The van der Waals surface area contributed by atoms with Gasteiger partial charge in [-0.15, -0.1) is 0 Å². The number of benzene rings is 2. The molecule has 1 N–H and O–H groups in total. The smallest absolute Gasteiger partial charge is 0.254 e. The molecule has 1 aliphatic heterocycles. The van der Waals surface area contributed by atoms with Crippen LogP contribution in [0.15, 0.2) is 70.6 Å². The Morgan fingerprint density at radius 1 is 1.09 bits per heavy atom. The van der Waals surface area contributed by atoms with Crippen LogP contribution in [0.1, 0.15) is 41.6 Å². The van der Waals surface area contributed by atoms with Crippen molar-refractivity contribution in [3.8, 4) is 0 Å². The minimum atomic E-state index is -0.136. The van der Waals surface area contributed by atoms with Crippen LogP contribution in [0, 0.1) is 6.92 Å². The third-order valence-corrected chi connectivity index (χ3v) is 6.96. The normalized spacial score (nSPS) is 15.8. The van der Waals surface area contributed by atoms with Gasteiger partial charge < -0.3 is 9.88 Å². The standard InChI is InChI=1S/C26H29N3O2S/c1-19-23(25(31)28-26(27-19)32-18-21-11-6-3-7-12-21)14-15-24(30)29-16-8-13-22(29)17-20-9-4-2-5-10-20/h2-7,9-12,22H,8,13-18H2,1H3,(H,27,28,31)/t22-/m0/s1. The third-order valence-electron chi connectivity index (χ3n) is 6.02. The van der Waals surface area contributed by atoms with Gasteiger partial charge in [0.25, 0.3) is 5.56 Å². The minimum Gasteiger partial charge on any atom is -0.339 e. The Balaban J connectivity index is 1.35. The maximum absolute atomic E-state index is 13.0. The van der Waals surface area contributed by atoms with Crippen LogP contribution in [0.2, 0.25) is 0 Å². The number of hydrogen-bond acceptors (Lipinski definition) is 4. The molecule has 4 rings (SSSR count). The van der Waals surface area contributed by atoms with Crippen LogP contribution < -0.4 is 5.56 Å². The Hall–Kier alpha value is -2.86. The predicted octanol–water partition coefficient (Wildman–Crippen LogP) is 4.54. The molecule has 0 radical (unpaired) electrons. The van der Waals surface area contributed by atoms with Crippen LogP contribution in [0.3, 0.4) is 0 Å². The second kappa shape index (κ2) is 10.6. The largest absolute Gasteiger partial charge is 0.339 e. The second-order valence-electron chi connectivity index (χ2n) is 8.28. The first-order chi connectivity index (χ1) is 15.6. The van der Waals surface area contributed by atoms with E-state index in [0.29, 0.717) is 29.3 Å².